The van der Waals surface area contributed by atoms with Gasteiger partial charge in [-0.05, 0) is 49.2 Å². The molecule has 2 aromatic rings. The summed E-state index contributed by atoms with van der Waals surface area (Å²) in [6, 6.07) is 11.5. The zero-order valence-corrected chi connectivity index (χ0v) is 13.8. The van der Waals surface area contributed by atoms with E-state index in [2.05, 4.69) is 10.2 Å². The first-order valence-electron chi connectivity index (χ1n) is 8.19. The van der Waals surface area contributed by atoms with Gasteiger partial charge in [0.25, 0.3) is 0 Å². The summed E-state index contributed by atoms with van der Waals surface area (Å²) in [7, 11) is 0. The first-order valence-corrected chi connectivity index (χ1v) is 8.19. The van der Waals surface area contributed by atoms with Crippen molar-refractivity contribution in [1.82, 2.24) is 0 Å². The summed E-state index contributed by atoms with van der Waals surface area (Å²) >= 11 is 0. The monoisotopic (exact) mass is 338 g/mol. The van der Waals surface area contributed by atoms with Gasteiger partial charge >= 0.3 is 0 Å². The Morgan fingerprint density at radius 2 is 2.00 bits per heavy atom. The fourth-order valence-corrected chi connectivity index (χ4v) is 3.03. The molecule has 2 aromatic carbocycles. The third-order valence-electron chi connectivity index (χ3n) is 4.37. The number of nitriles is 1. The van der Waals surface area contributed by atoms with E-state index in [4.69, 9.17) is 11.0 Å². The summed E-state index contributed by atoms with van der Waals surface area (Å²) in [6.45, 7) is 2.11. The normalized spacial score (nSPS) is 13.5. The molecule has 0 unspecified atom stereocenters. The zero-order valence-electron chi connectivity index (χ0n) is 13.8. The summed E-state index contributed by atoms with van der Waals surface area (Å²) in [5.41, 5.74) is 8.29. The third kappa shape index (κ3) is 3.72. The van der Waals surface area contributed by atoms with Gasteiger partial charge < -0.3 is 16.0 Å². The topological polar surface area (TPSA) is 82.1 Å². The van der Waals surface area contributed by atoms with Crippen molar-refractivity contribution in [3.05, 3.63) is 58.9 Å². The van der Waals surface area contributed by atoms with Crippen LogP contribution in [0.5, 0.6) is 0 Å². The molecule has 5 nitrogen and oxygen atoms in total. The number of carbonyl (C=O) groups excluding carboxylic acids is 1. The van der Waals surface area contributed by atoms with Gasteiger partial charge in [-0.3, -0.25) is 4.79 Å². The second-order valence-corrected chi connectivity index (χ2v) is 6.06. The lowest BCUT2D eigenvalue weighted by Crippen LogP contribution is -2.20. The predicted octanol–water partition coefficient (Wildman–Crippen LogP) is 3.01. The van der Waals surface area contributed by atoms with Crippen LogP contribution in [0, 0.1) is 17.1 Å². The molecule has 0 radical (unpaired) electrons. The Bertz CT molecular complexity index is 838. The van der Waals surface area contributed by atoms with Crippen molar-refractivity contribution in [2.45, 2.75) is 19.4 Å². The number of nitrogens with zero attached hydrogens (tertiary/aromatic N) is 2. The second kappa shape index (κ2) is 7.22. The zero-order chi connectivity index (χ0) is 17.8. The van der Waals surface area contributed by atoms with Crippen LogP contribution in [0.2, 0.25) is 0 Å². The molecule has 0 aliphatic carbocycles. The molecule has 3 rings (SSSR count). The van der Waals surface area contributed by atoms with E-state index in [1.54, 1.807) is 12.1 Å². The van der Waals surface area contributed by atoms with E-state index in [0.717, 1.165) is 37.3 Å². The lowest BCUT2D eigenvalue weighted by Gasteiger charge is -2.22. The van der Waals surface area contributed by atoms with Gasteiger partial charge in [-0.1, -0.05) is 0 Å². The molecule has 1 aliphatic heterocycles. The van der Waals surface area contributed by atoms with Gasteiger partial charge in [-0.15, -0.1) is 0 Å². The lowest BCUT2D eigenvalue weighted by atomic mass is 10.1. The molecule has 0 saturated carbocycles. The van der Waals surface area contributed by atoms with E-state index in [1.807, 2.05) is 12.1 Å². The number of amides is 1. The number of hydrogen-bond acceptors (Lipinski definition) is 4. The lowest BCUT2D eigenvalue weighted by molar-refractivity contribution is 0.100. The third-order valence-corrected chi connectivity index (χ3v) is 4.37. The maximum Gasteiger partial charge on any atom is 0.248 e. The van der Waals surface area contributed by atoms with Gasteiger partial charge in [-0.25, -0.2) is 4.39 Å². The Kier molecular flexibility index (Phi) is 4.85. The molecule has 0 aromatic heterocycles. The van der Waals surface area contributed by atoms with E-state index < -0.39 is 5.91 Å². The van der Waals surface area contributed by atoms with Crippen LogP contribution in [0.15, 0.2) is 36.4 Å². The van der Waals surface area contributed by atoms with Crippen LogP contribution >= 0.6 is 0 Å². The van der Waals surface area contributed by atoms with E-state index in [-0.39, 0.29) is 12.4 Å². The summed E-state index contributed by atoms with van der Waals surface area (Å²) in [6.07, 6.45) is 2.24. The van der Waals surface area contributed by atoms with Crippen molar-refractivity contribution in [1.29, 1.82) is 5.26 Å². The molecule has 1 saturated heterocycles. The molecule has 6 heteroatoms. The van der Waals surface area contributed by atoms with Crippen LogP contribution in [0.25, 0.3) is 0 Å². The Balaban J connectivity index is 1.88. The highest BCUT2D eigenvalue weighted by atomic mass is 19.1. The van der Waals surface area contributed by atoms with E-state index in [9.17, 15) is 9.18 Å². The quantitative estimate of drug-likeness (QED) is 0.878. The smallest absolute Gasteiger partial charge is 0.248 e. The average molecular weight is 338 g/mol. The minimum absolute atomic E-state index is 0.213. The van der Waals surface area contributed by atoms with Crippen molar-refractivity contribution in [2.75, 3.05) is 23.3 Å². The number of nitrogens with two attached hydrogens (primary N) is 1. The minimum Gasteiger partial charge on any atom is -0.379 e. The van der Waals surface area contributed by atoms with Crippen LogP contribution in [0.1, 0.15) is 34.3 Å². The molecule has 3 N–H and O–H groups in total. The molecular weight excluding hydrogens is 319 g/mol. The number of nitrogens with one attached hydrogen (secondary N) is 1. The maximum absolute atomic E-state index is 14.0. The average Bonchev–Trinajstić information content (AvgIpc) is 3.15. The van der Waals surface area contributed by atoms with E-state index >= 15 is 0 Å². The van der Waals surface area contributed by atoms with Crippen LogP contribution < -0.4 is 16.0 Å². The highest BCUT2D eigenvalue weighted by molar-refractivity contribution is 5.95. The van der Waals surface area contributed by atoms with Gasteiger partial charge in [0.05, 0.1) is 23.0 Å². The highest BCUT2D eigenvalue weighted by Crippen LogP contribution is 2.30. The summed E-state index contributed by atoms with van der Waals surface area (Å²) in [5.74, 6) is -0.881. The van der Waals surface area contributed by atoms with Gasteiger partial charge in [-0.2, -0.15) is 5.26 Å². The molecule has 128 valence electrons. The van der Waals surface area contributed by atoms with Gasteiger partial charge in [0, 0.05) is 30.8 Å². The summed E-state index contributed by atoms with van der Waals surface area (Å²) in [5, 5.41) is 12.2. The molecule has 1 fully saturated rings. The fraction of sp³-hybridized carbons (Fsp3) is 0.263. The molecular formula is C19H19FN4O. The standard InChI is InChI=1S/C19H19FN4O/c20-16-5-3-13(11-21)9-15(16)12-23-17-10-14(19(22)25)4-6-18(17)24-7-1-2-8-24/h3-6,9-10,23H,1-2,7-8,12H2,(H2,22,25). The Morgan fingerprint density at radius 1 is 1.24 bits per heavy atom. The second-order valence-electron chi connectivity index (χ2n) is 6.06. The molecule has 25 heavy (non-hydrogen) atoms. The molecule has 0 atom stereocenters. The minimum atomic E-state index is -0.506. The van der Waals surface area contributed by atoms with Crippen molar-refractivity contribution in [2.24, 2.45) is 5.73 Å². The predicted molar refractivity (Wildman–Crippen MR) is 94.8 cm³/mol. The highest BCUT2D eigenvalue weighted by Gasteiger charge is 2.17. The molecule has 1 amide bonds. The SMILES string of the molecule is N#Cc1ccc(F)c(CNc2cc(C(N)=O)ccc2N2CCCC2)c1. The Labute approximate surface area is 145 Å². The van der Waals surface area contributed by atoms with Crippen LogP contribution in [0.4, 0.5) is 15.8 Å². The largest absolute Gasteiger partial charge is 0.379 e. The first-order chi connectivity index (χ1) is 12.1. The summed E-state index contributed by atoms with van der Waals surface area (Å²) < 4.78 is 14.0. The Hall–Kier alpha value is -3.07. The number of anilines is 2. The number of hydrogen-bond donors (Lipinski definition) is 2. The van der Waals surface area contributed by atoms with Crippen molar-refractivity contribution in [3.8, 4) is 6.07 Å². The fourth-order valence-electron chi connectivity index (χ4n) is 3.03. The summed E-state index contributed by atoms with van der Waals surface area (Å²) in [4.78, 5) is 13.7. The molecule has 1 heterocycles. The first kappa shape index (κ1) is 16.8. The van der Waals surface area contributed by atoms with E-state index in [0.29, 0.717) is 16.7 Å². The van der Waals surface area contributed by atoms with Crippen molar-refractivity contribution < 1.29 is 9.18 Å². The molecule has 1 aliphatic rings. The van der Waals surface area contributed by atoms with Crippen LogP contribution in [-0.4, -0.2) is 19.0 Å². The van der Waals surface area contributed by atoms with Gasteiger partial charge in [0.15, 0.2) is 0 Å². The number of halogens is 1. The van der Waals surface area contributed by atoms with Gasteiger partial charge in [0.2, 0.25) is 5.91 Å². The molecule has 0 spiro atoms. The number of primary amides is 1. The number of benzene rings is 2. The van der Waals surface area contributed by atoms with Crippen molar-refractivity contribution >= 4 is 17.3 Å². The van der Waals surface area contributed by atoms with E-state index in [1.165, 1.54) is 18.2 Å². The number of rotatable bonds is 5. The van der Waals surface area contributed by atoms with Crippen LogP contribution in [0.3, 0.4) is 0 Å². The number of carbonyl (C=O) groups is 1. The van der Waals surface area contributed by atoms with Crippen molar-refractivity contribution in [3.63, 3.8) is 0 Å². The Morgan fingerprint density at radius 3 is 2.68 bits per heavy atom. The van der Waals surface area contributed by atoms with Crippen LogP contribution in [-0.2, 0) is 6.54 Å². The van der Waals surface area contributed by atoms with Gasteiger partial charge in [0.1, 0.15) is 5.82 Å². The maximum atomic E-state index is 14.0. The molecule has 0 bridgehead atoms.